The van der Waals surface area contributed by atoms with E-state index in [0.29, 0.717) is 28.3 Å². The van der Waals surface area contributed by atoms with Gasteiger partial charge in [-0.1, -0.05) is 115 Å². The lowest BCUT2D eigenvalue weighted by molar-refractivity contribution is -0.121. The molecule has 214 valence electrons. The zero-order valence-electron chi connectivity index (χ0n) is 24.0. The molecule has 5 nitrogen and oxygen atoms in total. The van der Waals surface area contributed by atoms with Crippen LogP contribution in [0.2, 0.25) is 0 Å². The van der Waals surface area contributed by atoms with Gasteiger partial charge in [-0.15, -0.1) is 0 Å². The molecule has 1 amide bonds. The van der Waals surface area contributed by atoms with Gasteiger partial charge in [0.25, 0.3) is 0 Å². The molecule has 0 bridgehead atoms. The summed E-state index contributed by atoms with van der Waals surface area (Å²) in [6.07, 6.45) is 4.93. The maximum absolute atomic E-state index is 14.9. The molecule has 3 aliphatic heterocycles. The van der Waals surface area contributed by atoms with Crippen LogP contribution in [0.25, 0.3) is 6.08 Å². The summed E-state index contributed by atoms with van der Waals surface area (Å²) in [7, 11) is 0. The van der Waals surface area contributed by atoms with E-state index >= 15 is 0 Å². The number of hydrogen-bond donors (Lipinski definition) is 1. The largest absolute Gasteiger partial charge is 0.352 e. The Balaban J connectivity index is 1.48. The highest BCUT2D eigenvalue weighted by Crippen LogP contribution is 2.58. The summed E-state index contributed by atoms with van der Waals surface area (Å²) in [4.78, 5) is 46.3. The minimum Gasteiger partial charge on any atom is -0.352 e. The molecule has 4 aromatic rings. The highest BCUT2D eigenvalue weighted by Gasteiger charge is 2.70. The molecule has 0 unspecified atom stereocenters. The van der Waals surface area contributed by atoms with E-state index in [0.717, 1.165) is 27.7 Å². The Kier molecular flexibility index (Phi) is 6.70. The number of hydrogen-bond acceptors (Lipinski definition) is 4. The Morgan fingerprint density at radius 3 is 2.26 bits per heavy atom. The van der Waals surface area contributed by atoms with E-state index in [9.17, 15) is 14.4 Å². The van der Waals surface area contributed by atoms with Crippen LogP contribution in [0.3, 0.4) is 0 Å². The van der Waals surface area contributed by atoms with Crippen molar-refractivity contribution in [2.45, 2.75) is 37.8 Å². The fourth-order valence-electron chi connectivity index (χ4n) is 7.37. The summed E-state index contributed by atoms with van der Waals surface area (Å²) in [6, 6.07) is 28.9. The van der Waals surface area contributed by atoms with Gasteiger partial charge in [-0.2, -0.15) is 0 Å². The Hall–Kier alpha value is -4.29. The molecule has 0 aromatic heterocycles. The summed E-state index contributed by atoms with van der Waals surface area (Å²) >= 11 is 3.48. The molecule has 0 radical (unpaired) electrons. The Morgan fingerprint density at radius 2 is 1.51 bits per heavy atom. The van der Waals surface area contributed by atoms with Gasteiger partial charge in [0, 0.05) is 27.0 Å². The molecule has 43 heavy (non-hydrogen) atoms. The van der Waals surface area contributed by atoms with Crippen molar-refractivity contribution in [2.75, 3.05) is 10.2 Å². The highest BCUT2D eigenvalue weighted by molar-refractivity contribution is 9.10. The number of fused-ring (bicyclic) bond motifs is 5. The summed E-state index contributed by atoms with van der Waals surface area (Å²) in [5, 5.41) is 3.07. The summed E-state index contributed by atoms with van der Waals surface area (Å²) in [5.41, 5.74) is 3.84. The predicted octanol–water partition coefficient (Wildman–Crippen LogP) is 7.50. The normalized spacial score (nSPS) is 23.2. The molecule has 1 saturated heterocycles. The van der Waals surface area contributed by atoms with Gasteiger partial charge >= 0.3 is 0 Å². The van der Waals surface area contributed by atoms with Gasteiger partial charge in [-0.3, -0.25) is 14.4 Å². The second kappa shape index (κ2) is 10.5. The first-order valence-electron chi connectivity index (χ1n) is 14.7. The second-order valence-electron chi connectivity index (χ2n) is 12.1. The SMILES string of the molecule is CC(C)Cc1ccc(C(=O)[C@H]2[C@@H]3C=Cc4ccccc4N3[C@@H](C(=O)c3ccc(Br)cc3)[C@@]23C(=O)Nc2ccccc23)cc1. The molecule has 3 heterocycles. The number of para-hydroxylation sites is 2. The van der Waals surface area contributed by atoms with Crippen LogP contribution in [0.5, 0.6) is 0 Å². The number of benzene rings is 4. The molecule has 4 atom stereocenters. The van der Waals surface area contributed by atoms with Crippen LogP contribution in [0, 0.1) is 11.8 Å². The number of anilines is 2. The van der Waals surface area contributed by atoms with Crippen LogP contribution >= 0.6 is 15.9 Å². The lowest BCUT2D eigenvalue weighted by Crippen LogP contribution is -2.55. The van der Waals surface area contributed by atoms with Crippen LogP contribution in [0.4, 0.5) is 11.4 Å². The van der Waals surface area contributed by atoms with Gasteiger partial charge in [0.05, 0.1) is 12.0 Å². The number of carbonyl (C=O) groups excluding carboxylic acids is 3. The molecule has 4 aromatic carbocycles. The average molecular weight is 632 g/mol. The Morgan fingerprint density at radius 1 is 0.860 bits per heavy atom. The topological polar surface area (TPSA) is 66.5 Å². The number of carbonyl (C=O) groups is 3. The summed E-state index contributed by atoms with van der Waals surface area (Å²) in [5.74, 6) is -1.02. The van der Waals surface area contributed by atoms with E-state index in [-0.39, 0.29) is 17.5 Å². The second-order valence-corrected chi connectivity index (χ2v) is 13.0. The summed E-state index contributed by atoms with van der Waals surface area (Å²) < 4.78 is 0.854. The zero-order valence-corrected chi connectivity index (χ0v) is 25.5. The third kappa shape index (κ3) is 4.22. The van der Waals surface area contributed by atoms with Crippen molar-refractivity contribution in [3.63, 3.8) is 0 Å². The molecule has 3 aliphatic rings. The predicted molar refractivity (Wildman–Crippen MR) is 174 cm³/mol. The smallest absolute Gasteiger partial charge is 0.238 e. The van der Waals surface area contributed by atoms with Gasteiger partial charge in [-0.05, 0) is 53.3 Å². The first-order valence-corrected chi connectivity index (χ1v) is 15.5. The van der Waals surface area contributed by atoms with E-state index in [1.165, 1.54) is 0 Å². The van der Waals surface area contributed by atoms with Gasteiger partial charge in [-0.25, -0.2) is 0 Å². The van der Waals surface area contributed by atoms with E-state index in [2.05, 4.69) is 35.1 Å². The quantitative estimate of drug-likeness (QED) is 0.224. The van der Waals surface area contributed by atoms with Crippen LogP contribution in [0.1, 0.15) is 51.3 Å². The van der Waals surface area contributed by atoms with Crippen molar-refractivity contribution < 1.29 is 14.4 Å². The van der Waals surface area contributed by atoms with Crippen molar-refractivity contribution >= 4 is 50.9 Å². The maximum atomic E-state index is 14.9. The number of Topliss-reactive ketones (excluding diaryl/α,β-unsaturated/α-hetero) is 2. The number of rotatable bonds is 6. The molecule has 6 heteroatoms. The maximum Gasteiger partial charge on any atom is 0.238 e. The minimum atomic E-state index is -1.46. The number of amides is 1. The number of ketones is 2. The van der Waals surface area contributed by atoms with E-state index in [1.54, 1.807) is 12.1 Å². The zero-order chi connectivity index (χ0) is 29.9. The molecule has 0 aliphatic carbocycles. The third-order valence-corrected chi connectivity index (χ3v) is 9.62. The van der Waals surface area contributed by atoms with Crippen LogP contribution < -0.4 is 10.2 Å². The van der Waals surface area contributed by atoms with Gasteiger partial charge < -0.3 is 10.2 Å². The van der Waals surface area contributed by atoms with Crippen LogP contribution in [-0.4, -0.2) is 29.6 Å². The monoisotopic (exact) mass is 630 g/mol. The molecule has 7 rings (SSSR count). The summed E-state index contributed by atoms with van der Waals surface area (Å²) in [6.45, 7) is 4.34. The van der Waals surface area contributed by atoms with E-state index < -0.39 is 23.4 Å². The molecule has 0 saturated carbocycles. The van der Waals surface area contributed by atoms with Crippen molar-refractivity contribution in [3.8, 4) is 0 Å². The van der Waals surface area contributed by atoms with Gasteiger partial charge in [0.15, 0.2) is 11.6 Å². The van der Waals surface area contributed by atoms with Crippen molar-refractivity contribution in [2.24, 2.45) is 11.8 Å². The number of nitrogens with one attached hydrogen (secondary N) is 1. The fourth-order valence-corrected chi connectivity index (χ4v) is 7.63. The Labute approximate surface area is 259 Å². The molecular weight excluding hydrogens is 600 g/mol. The van der Waals surface area contributed by atoms with Crippen LogP contribution in [-0.2, 0) is 16.6 Å². The Bertz CT molecular complexity index is 1790. The fraction of sp³-hybridized carbons (Fsp3) is 0.216. The van der Waals surface area contributed by atoms with Crippen LogP contribution in [0.15, 0.2) is 108 Å². The lowest BCUT2D eigenvalue weighted by atomic mass is 9.63. The van der Waals surface area contributed by atoms with Gasteiger partial charge in [0.2, 0.25) is 5.91 Å². The van der Waals surface area contributed by atoms with E-state index in [4.69, 9.17) is 0 Å². The molecular formula is C37H31BrN2O3. The number of nitrogens with zero attached hydrogens (tertiary/aromatic N) is 1. The molecule has 1 spiro atoms. The van der Waals surface area contributed by atoms with Crippen molar-refractivity contribution in [1.82, 2.24) is 0 Å². The molecule has 1 N–H and O–H groups in total. The van der Waals surface area contributed by atoms with Crippen molar-refractivity contribution in [1.29, 1.82) is 0 Å². The first-order chi connectivity index (χ1) is 20.8. The third-order valence-electron chi connectivity index (χ3n) is 9.09. The highest BCUT2D eigenvalue weighted by atomic mass is 79.9. The standard InChI is InChI=1S/C37H31BrN2O3/c1-22(2)21-23-11-13-25(14-12-23)33(41)32-31-20-17-24-7-3-6-10-30(24)40(31)35(34(42)26-15-18-27(38)19-16-26)37(32)28-8-4-5-9-29(28)39-36(37)43/h3-20,22,31-32,35H,21H2,1-2H3,(H,39,43)/t31-,32+,35-,37-/m0/s1. The first kappa shape index (κ1) is 27.5. The van der Waals surface area contributed by atoms with Gasteiger partial charge in [0.1, 0.15) is 11.5 Å². The van der Waals surface area contributed by atoms with E-state index in [1.807, 2.05) is 102 Å². The minimum absolute atomic E-state index is 0.145. The van der Waals surface area contributed by atoms with Crippen molar-refractivity contribution in [3.05, 3.63) is 135 Å². The molecule has 1 fully saturated rings. The average Bonchev–Trinajstić information content (AvgIpc) is 3.48. The lowest BCUT2D eigenvalue weighted by Gasteiger charge is -2.37. The number of halogens is 1.